The second kappa shape index (κ2) is 7.98. The third kappa shape index (κ3) is 7.71. The number of hydrogen-bond donors (Lipinski definition) is 2. The maximum Gasteiger partial charge on any atom is 0.0655 e. The van der Waals surface area contributed by atoms with Crippen LogP contribution >= 0.6 is 0 Å². The Kier molecular flexibility index (Phi) is 7.59. The molecule has 3 heteroatoms. The van der Waals surface area contributed by atoms with Gasteiger partial charge in [-0.2, -0.15) is 0 Å². The molecular weight excluding hydrogens is 168 g/mol. The lowest BCUT2D eigenvalue weighted by Crippen LogP contribution is -1.95. The molecule has 13 heavy (non-hydrogen) atoms. The molecule has 0 fully saturated rings. The molecule has 0 atom stereocenters. The molecule has 0 heterocycles. The van der Waals surface area contributed by atoms with E-state index < -0.39 is 0 Å². The molecule has 0 aliphatic heterocycles. The van der Waals surface area contributed by atoms with Gasteiger partial charge < -0.3 is 14.9 Å². The van der Waals surface area contributed by atoms with Gasteiger partial charge in [0.1, 0.15) is 0 Å². The summed E-state index contributed by atoms with van der Waals surface area (Å²) >= 11 is 0. The van der Waals surface area contributed by atoms with E-state index >= 15 is 0 Å². The first-order valence-electron chi connectivity index (χ1n) is 4.31. The van der Waals surface area contributed by atoms with E-state index in [2.05, 4.69) is 0 Å². The van der Waals surface area contributed by atoms with Crippen LogP contribution in [0.5, 0.6) is 0 Å². The first kappa shape index (κ1) is 12.4. The summed E-state index contributed by atoms with van der Waals surface area (Å²) in [5.74, 6) is 0. The van der Waals surface area contributed by atoms with Gasteiger partial charge >= 0.3 is 0 Å². The van der Waals surface area contributed by atoms with Crippen LogP contribution in [0.15, 0.2) is 23.3 Å². The van der Waals surface area contributed by atoms with E-state index in [9.17, 15) is 0 Å². The van der Waals surface area contributed by atoms with Crippen molar-refractivity contribution in [1.82, 2.24) is 0 Å². The molecule has 0 radical (unpaired) electrons. The van der Waals surface area contributed by atoms with E-state index in [1.54, 1.807) is 0 Å². The average molecular weight is 186 g/mol. The Morgan fingerprint density at radius 3 is 1.69 bits per heavy atom. The van der Waals surface area contributed by atoms with Crippen LogP contribution in [0.3, 0.4) is 0 Å². The molecule has 3 nitrogen and oxygen atoms in total. The molecule has 76 valence electrons. The summed E-state index contributed by atoms with van der Waals surface area (Å²) in [6.45, 7) is 4.85. The monoisotopic (exact) mass is 186 g/mol. The first-order chi connectivity index (χ1) is 6.20. The van der Waals surface area contributed by atoms with Gasteiger partial charge in [-0.25, -0.2) is 0 Å². The van der Waals surface area contributed by atoms with Crippen molar-refractivity contribution < 1.29 is 14.9 Å². The Morgan fingerprint density at radius 1 is 1.00 bits per heavy atom. The number of aliphatic hydroxyl groups is 2. The van der Waals surface area contributed by atoms with Crippen LogP contribution in [0.4, 0.5) is 0 Å². The Morgan fingerprint density at radius 2 is 1.38 bits per heavy atom. The van der Waals surface area contributed by atoms with Crippen LogP contribution in [0.2, 0.25) is 0 Å². The van der Waals surface area contributed by atoms with Crippen molar-refractivity contribution in [1.29, 1.82) is 0 Å². The molecule has 0 saturated carbocycles. The van der Waals surface area contributed by atoms with Crippen LogP contribution in [0, 0.1) is 0 Å². The minimum atomic E-state index is 0.0782. The van der Waals surface area contributed by atoms with Crippen LogP contribution in [0.1, 0.15) is 13.8 Å². The zero-order valence-electron chi connectivity index (χ0n) is 8.29. The van der Waals surface area contributed by atoms with Crippen molar-refractivity contribution in [3.63, 3.8) is 0 Å². The molecule has 0 aromatic carbocycles. The third-order valence-electron chi connectivity index (χ3n) is 1.60. The van der Waals surface area contributed by atoms with E-state index in [1.165, 1.54) is 0 Å². The first-order valence-corrected chi connectivity index (χ1v) is 4.31. The van der Waals surface area contributed by atoms with E-state index in [0.717, 1.165) is 11.1 Å². The maximum absolute atomic E-state index is 8.65. The fraction of sp³-hybridized carbons (Fsp3) is 0.600. The average Bonchev–Trinajstić information content (AvgIpc) is 2.16. The molecule has 0 bridgehead atoms. The third-order valence-corrected chi connectivity index (χ3v) is 1.60. The summed E-state index contributed by atoms with van der Waals surface area (Å²) < 4.78 is 5.20. The standard InChI is InChI=1S/C10H18O3/c1-9(7-11)3-5-13-6-4-10(2)8-12/h3-4,11-12H,5-8H2,1-2H3/b9-3+,10-4+. The number of hydrogen-bond acceptors (Lipinski definition) is 3. The van der Waals surface area contributed by atoms with E-state index in [0.29, 0.717) is 13.2 Å². The van der Waals surface area contributed by atoms with E-state index in [-0.39, 0.29) is 13.2 Å². The molecule has 0 unspecified atom stereocenters. The van der Waals surface area contributed by atoms with Crippen LogP contribution in [-0.4, -0.2) is 36.6 Å². The van der Waals surface area contributed by atoms with Gasteiger partial charge in [0.25, 0.3) is 0 Å². The van der Waals surface area contributed by atoms with E-state index in [4.69, 9.17) is 14.9 Å². The number of rotatable bonds is 6. The van der Waals surface area contributed by atoms with Gasteiger partial charge in [0, 0.05) is 0 Å². The van der Waals surface area contributed by atoms with Gasteiger partial charge in [0.05, 0.1) is 26.4 Å². The van der Waals surface area contributed by atoms with Gasteiger partial charge in [-0.3, -0.25) is 0 Å². The molecule has 0 rings (SSSR count). The zero-order valence-corrected chi connectivity index (χ0v) is 8.29. The summed E-state index contributed by atoms with van der Waals surface area (Å²) in [7, 11) is 0. The molecular formula is C10H18O3. The number of aliphatic hydroxyl groups excluding tert-OH is 2. The quantitative estimate of drug-likeness (QED) is 0.478. The largest absolute Gasteiger partial charge is 0.392 e. The van der Waals surface area contributed by atoms with Crippen molar-refractivity contribution in [3.05, 3.63) is 23.3 Å². The summed E-state index contributed by atoms with van der Waals surface area (Å²) in [5, 5.41) is 17.3. The highest BCUT2D eigenvalue weighted by atomic mass is 16.5. The highest BCUT2D eigenvalue weighted by Gasteiger charge is 1.86. The van der Waals surface area contributed by atoms with Gasteiger partial charge in [-0.1, -0.05) is 12.2 Å². The fourth-order valence-corrected chi connectivity index (χ4v) is 0.600. The maximum atomic E-state index is 8.65. The molecule has 0 aromatic heterocycles. The van der Waals surface area contributed by atoms with Gasteiger partial charge in [0.15, 0.2) is 0 Å². The Balaban J connectivity index is 3.47. The SMILES string of the molecule is C/C(=C\COC/C=C(\C)CO)CO. The summed E-state index contributed by atoms with van der Waals surface area (Å²) in [6.07, 6.45) is 3.67. The number of ether oxygens (including phenoxy) is 1. The van der Waals surface area contributed by atoms with Crippen molar-refractivity contribution >= 4 is 0 Å². The molecule has 0 amide bonds. The lowest BCUT2D eigenvalue weighted by atomic mass is 10.3. The molecule has 2 N–H and O–H groups in total. The predicted molar refractivity (Wildman–Crippen MR) is 52.5 cm³/mol. The van der Waals surface area contributed by atoms with Crippen LogP contribution in [0.25, 0.3) is 0 Å². The van der Waals surface area contributed by atoms with Crippen LogP contribution < -0.4 is 0 Å². The van der Waals surface area contributed by atoms with Crippen molar-refractivity contribution in [2.24, 2.45) is 0 Å². The summed E-state index contributed by atoms with van der Waals surface area (Å²) in [6, 6.07) is 0. The van der Waals surface area contributed by atoms with Gasteiger partial charge in [0.2, 0.25) is 0 Å². The topological polar surface area (TPSA) is 49.7 Å². The molecule has 0 saturated heterocycles. The Labute approximate surface area is 79.3 Å². The van der Waals surface area contributed by atoms with Gasteiger partial charge in [-0.05, 0) is 25.0 Å². The highest BCUT2D eigenvalue weighted by molar-refractivity contribution is 4.99. The predicted octanol–water partition coefficient (Wildman–Crippen LogP) is 0.880. The Hall–Kier alpha value is -0.640. The second-order valence-corrected chi connectivity index (χ2v) is 2.95. The van der Waals surface area contributed by atoms with Crippen molar-refractivity contribution in [2.45, 2.75) is 13.8 Å². The molecule has 0 aromatic rings. The molecule has 0 aliphatic carbocycles. The lowest BCUT2D eigenvalue weighted by Gasteiger charge is -1.98. The highest BCUT2D eigenvalue weighted by Crippen LogP contribution is 1.92. The minimum absolute atomic E-state index is 0.0782. The lowest BCUT2D eigenvalue weighted by molar-refractivity contribution is 0.191. The van der Waals surface area contributed by atoms with Crippen molar-refractivity contribution in [3.8, 4) is 0 Å². The summed E-state index contributed by atoms with van der Waals surface area (Å²) in [4.78, 5) is 0. The van der Waals surface area contributed by atoms with Crippen LogP contribution in [-0.2, 0) is 4.74 Å². The minimum Gasteiger partial charge on any atom is -0.392 e. The summed E-state index contributed by atoms with van der Waals surface area (Å²) in [5.41, 5.74) is 1.81. The smallest absolute Gasteiger partial charge is 0.0655 e. The zero-order chi connectivity index (χ0) is 10.1. The Bertz CT molecular complexity index is 163. The fourth-order valence-electron chi connectivity index (χ4n) is 0.600. The normalized spacial score (nSPS) is 13.5. The van der Waals surface area contributed by atoms with Gasteiger partial charge in [-0.15, -0.1) is 0 Å². The molecule has 0 aliphatic rings. The molecule has 0 spiro atoms. The van der Waals surface area contributed by atoms with Crippen molar-refractivity contribution in [2.75, 3.05) is 26.4 Å². The second-order valence-electron chi connectivity index (χ2n) is 2.95. The van der Waals surface area contributed by atoms with E-state index in [1.807, 2.05) is 26.0 Å².